The van der Waals surface area contributed by atoms with E-state index in [1.165, 1.54) is 0 Å². The third-order valence-electron chi connectivity index (χ3n) is 6.31. The molecule has 1 fully saturated rings. The first-order valence-corrected chi connectivity index (χ1v) is 11.6. The number of anilines is 2. The van der Waals surface area contributed by atoms with Crippen molar-refractivity contribution in [2.75, 3.05) is 23.8 Å². The van der Waals surface area contributed by atoms with Crippen molar-refractivity contribution in [3.05, 3.63) is 81.8 Å². The van der Waals surface area contributed by atoms with E-state index in [4.69, 9.17) is 4.74 Å². The van der Waals surface area contributed by atoms with Crippen LogP contribution in [0.4, 0.5) is 11.6 Å². The van der Waals surface area contributed by atoms with Gasteiger partial charge in [0.1, 0.15) is 5.52 Å². The molecule has 178 valence electrons. The number of nitrogens with one attached hydrogen (secondary N) is 2. The maximum atomic E-state index is 13.2. The Morgan fingerprint density at radius 2 is 2.00 bits per heavy atom. The van der Waals surface area contributed by atoms with E-state index in [1.807, 2.05) is 56.3 Å². The Bertz CT molecular complexity index is 1490. The Hall–Kier alpha value is -4.04. The van der Waals surface area contributed by atoms with E-state index in [0.717, 1.165) is 35.4 Å². The number of ether oxygens (including phenoxy) is 1. The second-order valence-electron chi connectivity index (χ2n) is 8.91. The second kappa shape index (κ2) is 9.31. The van der Waals surface area contributed by atoms with Crippen molar-refractivity contribution in [1.82, 2.24) is 14.5 Å². The molecule has 35 heavy (non-hydrogen) atoms. The van der Waals surface area contributed by atoms with Crippen LogP contribution >= 0.6 is 0 Å². The maximum absolute atomic E-state index is 13.2. The van der Waals surface area contributed by atoms with Crippen LogP contribution in [0.25, 0.3) is 22.2 Å². The summed E-state index contributed by atoms with van der Waals surface area (Å²) in [5.41, 5.74) is 4.95. The number of rotatable bonds is 6. The maximum Gasteiger partial charge on any atom is 0.277 e. The third-order valence-corrected chi connectivity index (χ3v) is 6.31. The number of nitrogens with zero attached hydrogens (tertiary/aromatic N) is 3. The molecule has 0 aliphatic carbocycles. The number of pyridine rings is 1. The highest BCUT2D eigenvalue weighted by molar-refractivity contribution is 6.04. The zero-order valence-corrected chi connectivity index (χ0v) is 20.0. The third kappa shape index (κ3) is 4.65. The summed E-state index contributed by atoms with van der Waals surface area (Å²) in [6.45, 7) is 5.32. The Morgan fingerprint density at radius 1 is 1.17 bits per heavy atom. The van der Waals surface area contributed by atoms with Crippen molar-refractivity contribution in [3.8, 4) is 11.3 Å². The van der Waals surface area contributed by atoms with Gasteiger partial charge in [0.25, 0.3) is 11.5 Å². The Morgan fingerprint density at radius 3 is 2.74 bits per heavy atom. The molecule has 4 aromatic rings. The van der Waals surface area contributed by atoms with Crippen molar-refractivity contribution < 1.29 is 9.53 Å². The molecular formula is C27H27N5O3. The average Bonchev–Trinajstić information content (AvgIpc) is 2.82. The molecule has 0 saturated carbocycles. The summed E-state index contributed by atoms with van der Waals surface area (Å²) in [4.78, 5) is 34.8. The van der Waals surface area contributed by atoms with Gasteiger partial charge < -0.3 is 19.9 Å². The molecule has 3 heterocycles. The fraction of sp³-hybridized carbons (Fsp3) is 0.259. The molecule has 2 aromatic carbocycles. The molecule has 8 nitrogen and oxygen atoms in total. The highest BCUT2D eigenvalue weighted by Gasteiger charge is 2.18. The van der Waals surface area contributed by atoms with Crippen LogP contribution in [0, 0.1) is 13.8 Å². The number of amides is 1. The first-order valence-electron chi connectivity index (χ1n) is 11.6. The van der Waals surface area contributed by atoms with Crippen molar-refractivity contribution in [3.63, 3.8) is 0 Å². The van der Waals surface area contributed by atoms with E-state index >= 15 is 0 Å². The van der Waals surface area contributed by atoms with Crippen LogP contribution in [-0.2, 0) is 11.8 Å². The molecule has 2 N–H and O–H groups in total. The van der Waals surface area contributed by atoms with Gasteiger partial charge in [-0.1, -0.05) is 23.8 Å². The summed E-state index contributed by atoms with van der Waals surface area (Å²) in [7, 11) is 1.73. The van der Waals surface area contributed by atoms with Crippen LogP contribution in [0.2, 0.25) is 0 Å². The Kier molecular flexibility index (Phi) is 6.05. The molecule has 0 spiro atoms. The summed E-state index contributed by atoms with van der Waals surface area (Å²) in [6.07, 6.45) is 2.84. The predicted octanol–water partition coefficient (Wildman–Crippen LogP) is 4.07. The SMILES string of the molecule is Cc1cccc(C(=O)Nc2ccc(C)c(-c3cc4cnc(NCC5CCO5)nc4c(=O)n3C)c2)c1. The number of carbonyl (C=O) groups excluding carboxylic acids is 1. The first kappa shape index (κ1) is 22.7. The largest absolute Gasteiger partial charge is 0.376 e. The van der Waals surface area contributed by atoms with Gasteiger partial charge in [0, 0.05) is 48.6 Å². The molecule has 0 radical (unpaired) electrons. The molecular weight excluding hydrogens is 442 g/mol. The van der Waals surface area contributed by atoms with E-state index in [0.29, 0.717) is 34.6 Å². The van der Waals surface area contributed by atoms with Gasteiger partial charge >= 0.3 is 0 Å². The van der Waals surface area contributed by atoms with Gasteiger partial charge in [0.2, 0.25) is 5.95 Å². The molecule has 1 saturated heterocycles. The summed E-state index contributed by atoms with van der Waals surface area (Å²) in [5.74, 6) is 0.228. The topological polar surface area (TPSA) is 98.1 Å². The number of benzene rings is 2. The van der Waals surface area contributed by atoms with E-state index in [2.05, 4.69) is 20.6 Å². The molecule has 5 rings (SSSR count). The zero-order valence-electron chi connectivity index (χ0n) is 20.0. The number of aromatic nitrogens is 3. The van der Waals surface area contributed by atoms with Crippen LogP contribution < -0.4 is 16.2 Å². The van der Waals surface area contributed by atoms with Gasteiger partial charge in [-0.15, -0.1) is 0 Å². The molecule has 8 heteroatoms. The summed E-state index contributed by atoms with van der Waals surface area (Å²) in [5, 5.41) is 6.77. The van der Waals surface area contributed by atoms with Crippen molar-refractivity contribution in [2.45, 2.75) is 26.4 Å². The van der Waals surface area contributed by atoms with Gasteiger partial charge in [0.15, 0.2) is 0 Å². The summed E-state index contributed by atoms with van der Waals surface area (Å²) < 4.78 is 7.00. The van der Waals surface area contributed by atoms with Gasteiger partial charge in [-0.25, -0.2) is 9.97 Å². The molecule has 1 aliphatic rings. The van der Waals surface area contributed by atoms with Gasteiger partial charge in [-0.3, -0.25) is 9.59 Å². The van der Waals surface area contributed by atoms with Gasteiger partial charge in [0.05, 0.1) is 11.8 Å². The van der Waals surface area contributed by atoms with Crippen LogP contribution in [0.5, 0.6) is 0 Å². The standard InChI is InChI=1S/C27H27N5O3/c1-16-5-4-6-18(11-16)25(33)30-20-8-7-17(2)22(13-20)23-12-19-14-28-27(29-15-21-9-10-35-21)31-24(19)26(34)32(23)3/h4-8,11-14,21H,9-10,15H2,1-3H3,(H,30,33)(H,28,29,31). The minimum Gasteiger partial charge on any atom is -0.376 e. The van der Waals surface area contributed by atoms with E-state index in [9.17, 15) is 9.59 Å². The molecule has 1 atom stereocenters. The summed E-state index contributed by atoms with van der Waals surface area (Å²) >= 11 is 0. The van der Waals surface area contributed by atoms with E-state index < -0.39 is 0 Å². The molecule has 1 unspecified atom stereocenters. The molecule has 0 bridgehead atoms. The van der Waals surface area contributed by atoms with Crippen LogP contribution in [-0.4, -0.2) is 39.7 Å². The lowest BCUT2D eigenvalue weighted by Gasteiger charge is -2.26. The smallest absolute Gasteiger partial charge is 0.277 e. The Labute approximate surface area is 203 Å². The highest BCUT2D eigenvalue weighted by Crippen LogP contribution is 2.28. The lowest BCUT2D eigenvalue weighted by molar-refractivity contribution is -0.0411. The number of carbonyl (C=O) groups is 1. The van der Waals surface area contributed by atoms with Gasteiger partial charge in [-0.2, -0.15) is 0 Å². The fourth-order valence-electron chi connectivity index (χ4n) is 4.14. The van der Waals surface area contributed by atoms with Crippen molar-refractivity contribution in [1.29, 1.82) is 0 Å². The monoisotopic (exact) mass is 469 g/mol. The van der Waals surface area contributed by atoms with E-state index in [-0.39, 0.29) is 17.6 Å². The van der Waals surface area contributed by atoms with Crippen molar-refractivity contribution in [2.24, 2.45) is 7.05 Å². The normalized spacial score (nSPS) is 15.0. The second-order valence-corrected chi connectivity index (χ2v) is 8.91. The van der Waals surface area contributed by atoms with Crippen LogP contribution in [0.15, 0.2) is 59.5 Å². The number of hydrogen-bond donors (Lipinski definition) is 2. The molecule has 1 amide bonds. The van der Waals surface area contributed by atoms with Crippen LogP contribution in [0.3, 0.4) is 0 Å². The minimum atomic E-state index is -0.212. The lowest BCUT2D eigenvalue weighted by Crippen LogP contribution is -2.33. The minimum absolute atomic E-state index is 0.168. The predicted molar refractivity (Wildman–Crippen MR) is 137 cm³/mol. The Balaban J connectivity index is 1.46. The fourth-order valence-corrected chi connectivity index (χ4v) is 4.14. The molecule has 1 aliphatic heterocycles. The number of aryl methyl sites for hydroxylation is 2. The molecule has 2 aromatic heterocycles. The summed E-state index contributed by atoms with van der Waals surface area (Å²) in [6, 6.07) is 15.0. The zero-order chi connectivity index (χ0) is 24.5. The van der Waals surface area contributed by atoms with Crippen LogP contribution in [0.1, 0.15) is 27.9 Å². The number of hydrogen-bond acceptors (Lipinski definition) is 6. The average molecular weight is 470 g/mol. The van der Waals surface area contributed by atoms with Crippen molar-refractivity contribution >= 4 is 28.4 Å². The van der Waals surface area contributed by atoms with Gasteiger partial charge in [-0.05, 0) is 56.2 Å². The number of fused-ring (bicyclic) bond motifs is 1. The lowest BCUT2D eigenvalue weighted by atomic mass is 10.0. The highest BCUT2D eigenvalue weighted by atomic mass is 16.5. The first-order chi connectivity index (χ1) is 16.9. The quantitative estimate of drug-likeness (QED) is 0.442. The van der Waals surface area contributed by atoms with E-state index in [1.54, 1.807) is 23.9 Å².